The number of carbonyl (C=O) groups excluding carboxylic acids is 1. The first-order valence-electron chi connectivity index (χ1n) is 5.75. The van der Waals surface area contributed by atoms with Crippen LogP contribution in [0.15, 0.2) is 24.5 Å². The standard InChI is InChI=1S/C12H17N3O2/c1-13-8-11-12(16)15(5-6-17-11)9-10-3-2-4-14-7-10/h2-4,7,11,13H,5-6,8-9H2,1H3. The van der Waals surface area contributed by atoms with Crippen molar-refractivity contribution in [1.29, 1.82) is 0 Å². The number of nitrogens with zero attached hydrogens (tertiary/aromatic N) is 2. The maximum absolute atomic E-state index is 12.1. The third-order valence-electron chi connectivity index (χ3n) is 2.75. The van der Waals surface area contributed by atoms with Gasteiger partial charge in [0.2, 0.25) is 0 Å². The summed E-state index contributed by atoms with van der Waals surface area (Å²) >= 11 is 0. The largest absolute Gasteiger partial charge is 0.365 e. The Labute approximate surface area is 101 Å². The van der Waals surface area contributed by atoms with Crippen LogP contribution in [0.5, 0.6) is 0 Å². The predicted molar refractivity (Wildman–Crippen MR) is 63.3 cm³/mol. The highest BCUT2D eigenvalue weighted by Crippen LogP contribution is 2.10. The number of amides is 1. The second-order valence-corrected chi connectivity index (χ2v) is 4.04. The van der Waals surface area contributed by atoms with E-state index in [1.165, 1.54) is 0 Å². The minimum absolute atomic E-state index is 0.0504. The summed E-state index contributed by atoms with van der Waals surface area (Å²) in [6, 6.07) is 3.86. The molecule has 92 valence electrons. The lowest BCUT2D eigenvalue weighted by atomic mass is 10.2. The molecule has 1 atom stereocenters. The highest BCUT2D eigenvalue weighted by molar-refractivity contribution is 5.81. The van der Waals surface area contributed by atoms with Crippen LogP contribution >= 0.6 is 0 Å². The minimum atomic E-state index is -0.356. The molecule has 1 amide bonds. The lowest BCUT2D eigenvalue weighted by Crippen LogP contribution is -2.50. The van der Waals surface area contributed by atoms with E-state index < -0.39 is 0 Å². The van der Waals surface area contributed by atoms with Crippen molar-refractivity contribution >= 4 is 5.91 Å². The number of pyridine rings is 1. The predicted octanol–water partition coefficient (Wildman–Crippen LogP) is 0.0284. The molecule has 0 radical (unpaired) electrons. The molecular weight excluding hydrogens is 218 g/mol. The summed E-state index contributed by atoms with van der Waals surface area (Å²) in [5.74, 6) is 0.0504. The van der Waals surface area contributed by atoms with Crippen LogP contribution in [0.1, 0.15) is 5.56 Å². The van der Waals surface area contributed by atoms with Crippen molar-refractivity contribution in [2.45, 2.75) is 12.6 Å². The lowest BCUT2D eigenvalue weighted by molar-refractivity contribution is -0.153. The quantitative estimate of drug-likeness (QED) is 0.800. The molecule has 2 heterocycles. The third-order valence-corrected chi connectivity index (χ3v) is 2.75. The number of aromatic nitrogens is 1. The van der Waals surface area contributed by atoms with Crippen molar-refractivity contribution < 1.29 is 9.53 Å². The summed E-state index contributed by atoms with van der Waals surface area (Å²) in [6.45, 7) is 2.41. The second kappa shape index (κ2) is 5.75. The molecule has 1 saturated heterocycles. The Morgan fingerprint density at radius 2 is 2.53 bits per heavy atom. The zero-order valence-electron chi connectivity index (χ0n) is 9.93. The van der Waals surface area contributed by atoms with Crippen molar-refractivity contribution in [3.05, 3.63) is 30.1 Å². The topological polar surface area (TPSA) is 54.5 Å². The molecule has 0 spiro atoms. The molecule has 2 rings (SSSR count). The van der Waals surface area contributed by atoms with Gasteiger partial charge in [-0.05, 0) is 18.7 Å². The molecule has 0 aromatic carbocycles. The summed E-state index contributed by atoms with van der Waals surface area (Å²) in [5.41, 5.74) is 1.05. The summed E-state index contributed by atoms with van der Waals surface area (Å²) < 4.78 is 5.43. The summed E-state index contributed by atoms with van der Waals surface area (Å²) in [5, 5.41) is 2.97. The average molecular weight is 235 g/mol. The van der Waals surface area contributed by atoms with Crippen LogP contribution in [0.2, 0.25) is 0 Å². The normalized spacial score (nSPS) is 20.6. The lowest BCUT2D eigenvalue weighted by Gasteiger charge is -2.32. The van der Waals surface area contributed by atoms with Gasteiger partial charge in [-0.25, -0.2) is 0 Å². The number of carbonyl (C=O) groups is 1. The Balaban J connectivity index is 1.98. The van der Waals surface area contributed by atoms with Gasteiger partial charge in [-0.1, -0.05) is 6.07 Å². The maximum Gasteiger partial charge on any atom is 0.253 e. The van der Waals surface area contributed by atoms with Gasteiger partial charge < -0.3 is 15.0 Å². The fraction of sp³-hybridized carbons (Fsp3) is 0.500. The van der Waals surface area contributed by atoms with Crippen LogP contribution in [-0.4, -0.2) is 48.6 Å². The molecular formula is C12H17N3O2. The highest BCUT2D eigenvalue weighted by atomic mass is 16.5. The fourth-order valence-corrected chi connectivity index (χ4v) is 1.89. The van der Waals surface area contributed by atoms with Crippen molar-refractivity contribution in [3.63, 3.8) is 0 Å². The Morgan fingerprint density at radius 1 is 1.65 bits per heavy atom. The van der Waals surface area contributed by atoms with E-state index in [-0.39, 0.29) is 12.0 Å². The van der Waals surface area contributed by atoms with Crippen LogP contribution in [0.4, 0.5) is 0 Å². The number of rotatable bonds is 4. The van der Waals surface area contributed by atoms with Crippen molar-refractivity contribution in [2.75, 3.05) is 26.7 Å². The minimum Gasteiger partial charge on any atom is -0.365 e. The maximum atomic E-state index is 12.1. The van der Waals surface area contributed by atoms with Crippen LogP contribution < -0.4 is 5.32 Å². The van der Waals surface area contributed by atoms with E-state index in [9.17, 15) is 4.79 Å². The monoisotopic (exact) mass is 235 g/mol. The first kappa shape index (κ1) is 12.0. The highest BCUT2D eigenvalue weighted by Gasteiger charge is 2.28. The van der Waals surface area contributed by atoms with E-state index in [4.69, 9.17) is 4.74 Å². The molecule has 1 aromatic rings. The van der Waals surface area contributed by atoms with E-state index in [2.05, 4.69) is 10.3 Å². The number of hydrogen-bond acceptors (Lipinski definition) is 4. The summed E-state index contributed by atoms with van der Waals surface area (Å²) in [7, 11) is 1.82. The average Bonchev–Trinajstić information content (AvgIpc) is 2.36. The second-order valence-electron chi connectivity index (χ2n) is 4.04. The summed E-state index contributed by atoms with van der Waals surface area (Å²) in [4.78, 5) is 17.9. The molecule has 0 aliphatic carbocycles. The van der Waals surface area contributed by atoms with Gasteiger partial charge in [-0.3, -0.25) is 9.78 Å². The number of nitrogens with one attached hydrogen (secondary N) is 1. The van der Waals surface area contributed by atoms with Crippen molar-refractivity contribution in [3.8, 4) is 0 Å². The van der Waals surface area contributed by atoms with Crippen LogP contribution in [0, 0.1) is 0 Å². The molecule has 5 nitrogen and oxygen atoms in total. The van der Waals surface area contributed by atoms with Gasteiger partial charge in [0.25, 0.3) is 5.91 Å². The van der Waals surface area contributed by atoms with Gasteiger partial charge in [-0.15, -0.1) is 0 Å². The number of hydrogen-bond donors (Lipinski definition) is 1. The van der Waals surface area contributed by atoms with Crippen LogP contribution in [0.3, 0.4) is 0 Å². The molecule has 1 unspecified atom stereocenters. The molecule has 0 saturated carbocycles. The Hall–Kier alpha value is -1.46. The zero-order valence-corrected chi connectivity index (χ0v) is 9.93. The molecule has 1 aromatic heterocycles. The van der Waals surface area contributed by atoms with Gasteiger partial charge in [-0.2, -0.15) is 0 Å². The number of ether oxygens (including phenoxy) is 1. The molecule has 1 aliphatic rings. The SMILES string of the molecule is CNCC1OCCN(Cc2cccnc2)C1=O. The van der Waals surface area contributed by atoms with Crippen molar-refractivity contribution in [2.24, 2.45) is 0 Å². The summed E-state index contributed by atoms with van der Waals surface area (Å²) in [6.07, 6.45) is 3.16. The van der Waals surface area contributed by atoms with Gasteiger partial charge in [0.05, 0.1) is 6.61 Å². The first-order chi connectivity index (χ1) is 8.31. The van der Waals surface area contributed by atoms with E-state index in [0.29, 0.717) is 26.2 Å². The van der Waals surface area contributed by atoms with E-state index >= 15 is 0 Å². The fourth-order valence-electron chi connectivity index (χ4n) is 1.89. The van der Waals surface area contributed by atoms with Crippen LogP contribution in [-0.2, 0) is 16.1 Å². The van der Waals surface area contributed by atoms with Gasteiger partial charge in [0, 0.05) is 32.0 Å². The van der Waals surface area contributed by atoms with Crippen LogP contribution in [0.25, 0.3) is 0 Å². The Morgan fingerprint density at radius 3 is 3.24 bits per heavy atom. The molecule has 5 heteroatoms. The van der Waals surface area contributed by atoms with E-state index in [0.717, 1.165) is 5.56 Å². The van der Waals surface area contributed by atoms with Gasteiger partial charge >= 0.3 is 0 Å². The molecule has 0 bridgehead atoms. The third kappa shape index (κ3) is 3.01. The molecule has 1 N–H and O–H groups in total. The molecule has 17 heavy (non-hydrogen) atoms. The van der Waals surface area contributed by atoms with Gasteiger partial charge in [0.15, 0.2) is 0 Å². The Kier molecular flexibility index (Phi) is 4.06. The number of likely N-dealkylation sites (N-methyl/N-ethyl adjacent to an activating group) is 1. The number of morpholine rings is 1. The smallest absolute Gasteiger partial charge is 0.253 e. The van der Waals surface area contributed by atoms with E-state index in [1.807, 2.05) is 24.1 Å². The Bertz CT molecular complexity index is 367. The zero-order chi connectivity index (χ0) is 12.1. The van der Waals surface area contributed by atoms with Crippen molar-refractivity contribution in [1.82, 2.24) is 15.2 Å². The van der Waals surface area contributed by atoms with Gasteiger partial charge in [0.1, 0.15) is 6.10 Å². The first-order valence-corrected chi connectivity index (χ1v) is 5.75. The molecule has 1 aliphatic heterocycles. The molecule has 1 fully saturated rings. The van der Waals surface area contributed by atoms with E-state index in [1.54, 1.807) is 12.4 Å².